The number of rotatable bonds is 4. The molecule has 2 aromatic heterocycles. The fraction of sp³-hybridized carbons (Fsp3) is 0. The molecule has 8 rings (SSSR count). The fourth-order valence-electron chi connectivity index (χ4n) is 5.60. The van der Waals surface area contributed by atoms with Crippen molar-refractivity contribution >= 4 is 32.7 Å². The standard InChI is InChI=1S/C38H22N4O/c39-23-24-14-16-27(17-15-24)37-40-36(26-9-2-1-3-10-26)41-38(42-37)32-21-30(29-19-18-25-8-4-5-11-28(25)20-29)22-34-35(32)31-12-6-7-13-33(31)43-34/h1-22H. The van der Waals surface area contributed by atoms with E-state index in [4.69, 9.17) is 19.4 Å². The number of fused-ring (bicyclic) bond motifs is 4. The summed E-state index contributed by atoms with van der Waals surface area (Å²) < 4.78 is 6.42. The minimum Gasteiger partial charge on any atom is -0.456 e. The van der Waals surface area contributed by atoms with Gasteiger partial charge < -0.3 is 4.42 Å². The largest absolute Gasteiger partial charge is 0.456 e. The van der Waals surface area contributed by atoms with Crippen LogP contribution in [0.2, 0.25) is 0 Å². The lowest BCUT2D eigenvalue weighted by atomic mass is 9.96. The summed E-state index contributed by atoms with van der Waals surface area (Å²) in [5.41, 5.74) is 6.79. The van der Waals surface area contributed by atoms with Crippen molar-refractivity contribution < 1.29 is 4.42 Å². The molecule has 0 saturated carbocycles. The quantitative estimate of drug-likeness (QED) is 0.218. The van der Waals surface area contributed by atoms with Gasteiger partial charge in [0.05, 0.1) is 11.6 Å². The molecular formula is C38H22N4O. The van der Waals surface area contributed by atoms with Crippen molar-refractivity contribution in [3.63, 3.8) is 0 Å². The molecule has 0 bridgehead atoms. The van der Waals surface area contributed by atoms with E-state index in [0.29, 0.717) is 23.0 Å². The number of furan rings is 1. The monoisotopic (exact) mass is 550 g/mol. The van der Waals surface area contributed by atoms with Crippen LogP contribution in [-0.4, -0.2) is 15.0 Å². The van der Waals surface area contributed by atoms with Crippen molar-refractivity contribution in [2.75, 3.05) is 0 Å². The second-order valence-corrected chi connectivity index (χ2v) is 10.4. The molecule has 0 amide bonds. The molecule has 0 fully saturated rings. The van der Waals surface area contributed by atoms with E-state index in [1.54, 1.807) is 12.1 Å². The van der Waals surface area contributed by atoms with E-state index < -0.39 is 0 Å². The predicted molar refractivity (Wildman–Crippen MR) is 171 cm³/mol. The molecule has 0 aliphatic carbocycles. The first-order chi connectivity index (χ1) is 21.2. The number of aromatic nitrogens is 3. The van der Waals surface area contributed by atoms with Crippen LogP contribution in [0, 0.1) is 11.3 Å². The molecule has 0 atom stereocenters. The number of para-hydroxylation sites is 1. The van der Waals surface area contributed by atoms with Crippen LogP contribution < -0.4 is 0 Å². The van der Waals surface area contributed by atoms with Gasteiger partial charge in [-0.2, -0.15) is 5.26 Å². The van der Waals surface area contributed by atoms with Gasteiger partial charge in [0.15, 0.2) is 17.5 Å². The summed E-state index contributed by atoms with van der Waals surface area (Å²) in [5, 5.41) is 13.6. The van der Waals surface area contributed by atoms with E-state index in [1.807, 2.05) is 60.7 Å². The molecule has 0 unspecified atom stereocenters. The van der Waals surface area contributed by atoms with Gasteiger partial charge in [-0.15, -0.1) is 0 Å². The Morgan fingerprint density at radius 2 is 1.14 bits per heavy atom. The van der Waals surface area contributed by atoms with Crippen LogP contribution in [0.1, 0.15) is 5.56 Å². The maximum Gasteiger partial charge on any atom is 0.164 e. The second-order valence-electron chi connectivity index (χ2n) is 10.4. The van der Waals surface area contributed by atoms with E-state index in [9.17, 15) is 5.26 Å². The number of hydrogen-bond acceptors (Lipinski definition) is 5. The fourth-order valence-corrected chi connectivity index (χ4v) is 5.60. The van der Waals surface area contributed by atoms with Gasteiger partial charge in [0, 0.05) is 27.5 Å². The summed E-state index contributed by atoms with van der Waals surface area (Å²) in [6.07, 6.45) is 0. The number of hydrogen-bond donors (Lipinski definition) is 0. The van der Waals surface area contributed by atoms with Gasteiger partial charge in [0.2, 0.25) is 0 Å². The molecule has 2 heterocycles. The van der Waals surface area contributed by atoms with Gasteiger partial charge in [-0.1, -0.05) is 84.9 Å². The van der Waals surface area contributed by atoms with Crippen molar-refractivity contribution in [1.82, 2.24) is 15.0 Å². The van der Waals surface area contributed by atoms with Gasteiger partial charge in [0.1, 0.15) is 11.2 Å². The zero-order valence-corrected chi connectivity index (χ0v) is 22.9. The summed E-state index contributed by atoms with van der Waals surface area (Å²) in [4.78, 5) is 14.9. The molecule has 0 aliphatic heterocycles. The Kier molecular flexibility index (Phi) is 5.77. The van der Waals surface area contributed by atoms with E-state index in [1.165, 1.54) is 10.8 Å². The Bertz CT molecular complexity index is 2350. The van der Waals surface area contributed by atoms with Gasteiger partial charge in [-0.25, -0.2) is 15.0 Å². The summed E-state index contributed by atoms with van der Waals surface area (Å²) in [6, 6.07) is 46.6. The molecule has 0 spiro atoms. The van der Waals surface area contributed by atoms with Crippen LogP contribution in [0.25, 0.3) is 78.0 Å². The first kappa shape index (κ1) is 24.7. The van der Waals surface area contributed by atoms with Crippen molar-refractivity contribution in [1.29, 1.82) is 5.26 Å². The minimum absolute atomic E-state index is 0.533. The highest BCUT2D eigenvalue weighted by molar-refractivity contribution is 6.13. The van der Waals surface area contributed by atoms with Gasteiger partial charge in [-0.05, 0) is 70.4 Å². The van der Waals surface area contributed by atoms with Crippen LogP contribution in [0.5, 0.6) is 0 Å². The molecule has 5 heteroatoms. The lowest BCUT2D eigenvalue weighted by Crippen LogP contribution is -2.00. The first-order valence-electron chi connectivity index (χ1n) is 14.0. The minimum atomic E-state index is 0.533. The Morgan fingerprint density at radius 1 is 0.488 bits per heavy atom. The summed E-state index contributed by atoms with van der Waals surface area (Å²) in [7, 11) is 0. The summed E-state index contributed by atoms with van der Waals surface area (Å²) in [6.45, 7) is 0. The topological polar surface area (TPSA) is 75.6 Å². The lowest BCUT2D eigenvalue weighted by molar-refractivity contribution is 0.669. The van der Waals surface area contributed by atoms with Gasteiger partial charge in [-0.3, -0.25) is 0 Å². The molecule has 0 N–H and O–H groups in total. The zero-order valence-electron chi connectivity index (χ0n) is 22.9. The van der Waals surface area contributed by atoms with Crippen LogP contribution in [0.4, 0.5) is 0 Å². The third-order valence-corrected chi connectivity index (χ3v) is 7.74. The van der Waals surface area contributed by atoms with E-state index in [-0.39, 0.29) is 0 Å². The number of benzene rings is 6. The summed E-state index contributed by atoms with van der Waals surface area (Å²) in [5.74, 6) is 1.65. The predicted octanol–water partition coefficient (Wildman–Crippen LogP) is 9.46. The van der Waals surface area contributed by atoms with E-state index in [2.05, 4.69) is 66.7 Å². The van der Waals surface area contributed by atoms with Gasteiger partial charge >= 0.3 is 0 Å². The zero-order chi connectivity index (χ0) is 28.8. The number of nitrogens with zero attached hydrogens (tertiary/aromatic N) is 4. The highest BCUT2D eigenvalue weighted by Gasteiger charge is 2.19. The Hall–Kier alpha value is -6.12. The smallest absolute Gasteiger partial charge is 0.164 e. The van der Waals surface area contributed by atoms with Crippen molar-refractivity contribution in [2.45, 2.75) is 0 Å². The maximum absolute atomic E-state index is 9.33. The normalized spacial score (nSPS) is 11.2. The Labute approximate surface area is 247 Å². The van der Waals surface area contributed by atoms with Crippen molar-refractivity contribution in [2.24, 2.45) is 0 Å². The highest BCUT2D eigenvalue weighted by atomic mass is 16.3. The molecule has 6 aromatic carbocycles. The van der Waals surface area contributed by atoms with Crippen molar-refractivity contribution in [3.8, 4) is 51.4 Å². The van der Waals surface area contributed by atoms with Crippen molar-refractivity contribution in [3.05, 3.63) is 139 Å². The molecule has 0 radical (unpaired) electrons. The summed E-state index contributed by atoms with van der Waals surface area (Å²) >= 11 is 0. The maximum atomic E-state index is 9.33. The molecule has 0 aliphatic rings. The molecule has 0 saturated heterocycles. The van der Waals surface area contributed by atoms with E-state index >= 15 is 0 Å². The first-order valence-corrected chi connectivity index (χ1v) is 14.0. The van der Waals surface area contributed by atoms with Crippen LogP contribution in [0.15, 0.2) is 138 Å². The van der Waals surface area contributed by atoms with Crippen LogP contribution >= 0.6 is 0 Å². The lowest BCUT2D eigenvalue weighted by Gasteiger charge is -2.11. The highest BCUT2D eigenvalue weighted by Crippen LogP contribution is 2.40. The third-order valence-electron chi connectivity index (χ3n) is 7.74. The average molecular weight is 551 g/mol. The SMILES string of the molecule is N#Cc1ccc(-c2nc(-c3ccccc3)nc(-c3cc(-c4ccc5ccccc5c4)cc4oc5ccccc5c34)n2)cc1. The van der Waals surface area contributed by atoms with E-state index in [0.717, 1.165) is 49.8 Å². The van der Waals surface area contributed by atoms with Gasteiger partial charge in [0.25, 0.3) is 0 Å². The molecule has 8 aromatic rings. The number of nitriles is 1. The Morgan fingerprint density at radius 3 is 1.93 bits per heavy atom. The average Bonchev–Trinajstić information content (AvgIpc) is 3.46. The second kappa shape index (κ2) is 10.1. The van der Waals surface area contributed by atoms with Crippen LogP contribution in [-0.2, 0) is 0 Å². The third kappa shape index (κ3) is 4.39. The molecule has 200 valence electrons. The Balaban J connectivity index is 1.42. The molecule has 43 heavy (non-hydrogen) atoms. The molecule has 5 nitrogen and oxygen atoms in total. The molecular weight excluding hydrogens is 528 g/mol. The van der Waals surface area contributed by atoms with Crippen LogP contribution in [0.3, 0.4) is 0 Å².